The fourth-order valence-electron chi connectivity index (χ4n) is 4.27. The van der Waals surface area contributed by atoms with Crippen LogP contribution in [-0.4, -0.2) is 15.6 Å². The van der Waals surface area contributed by atoms with Gasteiger partial charge in [-0.05, 0) is 69.4 Å². The summed E-state index contributed by atoms with van der Waals surface area (Å²) in [7, 11) is 0. The van der Waals surface area contributed by atoms with Crippen LogP contribution in [0.3, 0.4) is 0 Å². The highest BCUT2D eigenvalue weighted by Crippen LogP contribution is 2.40. The van der Waals surface area contributed by atoms with Gasteiger partial charge in [-0.25, -0.2) is 9.18 Å². The van der Waals surface area contributed by atoms with Gasteiger partial charge in [-0.1, -0.05) is 12.1 Å². The minimum atomic E-state index is -1.11. The van der Waals surface area contributed by atoms with Crippen molar-refractivity contribution >= 4 is 22.7 Å². The Morgan fingerprint density at radius 2 is 1.97 bits per heavy atom. The Morgan fingerprint density at radius 1 is 1.23 bits per heavy atom. The Morgan fingerprint density at radius 3 is 2.63 bits per heavy atom. The minimum Gasteiger partial charge on any atom is -0.408 e. The number of nitrogens with one attached hydrogen (secondary N) is 1. The van der Waals surface area contributed by atoms with Gasteiger partial charge < -0.3 is 14.8 Å². The second kappa shape index (κ2) is 7.72. The number of halogens is 1. The topological polar surface area (TPSA) is 84.5 Å². The van der Waals surface area contributed by atoms with Crippen molar-refractivity contribution in [3.63, 3.8) is 0 Å². The zero-order valence-corrected chi connectivity index (χ0v) is 17.0. The van der Waals surface area contributed by atoms with Crippen molar-refractivity contribution in [2.75, 3.05) is 5.32 Å². The molecule has 3 aromatic rings. The van der Waals surface area contributed by atoms with Crippen LogP contribution in [0.4, 0.5) is 10.1 Å². The van der Waals surface area contributed by atoms with Gasteiger partial charge in [0.2, 0.25) is 5.91 Å². The Kier molecular flexibility index (Phi) is 5.24. The predicted molar refractivity (Wildman–Crippen MR) is 112 cm³/mol. The van der Waals surface area contributed by atoms with E-state index in [2.05, 4.69) is 5.32 Å². The fraction of sp³-hybridized carbons (Fsp3) is 0.391. The van der Waals surface area contributed by atoms with Crippen LogP contribution in [0.25, 0.3) is 11.1 Å². The summed E-state index contributed by atoms with van der Waals surface area (Å²) < 4.78 is 20.4. The molecule has 1 aliphatic rings. The van der Waals surface area contributed by atoms with E-state index in [0.717, 1.165) is 0 Å². The fourth-order valence-corrected chi connectivity index (χ4v) is 4.27. The number of nitrogens with zero attached hydrogens (tertiary/aromatic N) is 1. The summed E-state index contributed by atoms with van der Waals surface area (Å²) in [5.41, 5.74) is 1.11. The number of oxazole rings is 1. The second-order valence-electron chi connectivity index (χ2n) is 8.32. The maximum atomic E-state index is 13.5. The third-order valence-electron chi connectivity index (χ3n) is 5.94. The van der Waals surface area contributed by atoms with Crippen molar-refractivity contribution in [3.05, 3.63) is 64.4 Å². The summed E-state index contributed by atoms with van der Waals surface area (Å²) in [6, 6.07) is 11.1. The van der Waals surface area contributed by atoms with Crippen LogP contribution in [0.15, 0.2) is 51.7 Å². The third kappa shape index (κ3) is 3.77. The molecule has 6 nitrogen and oxygen atoms in total. The average molecular weight is 412 g/mol. The molecule has 1 amide bonds. The van der Waals surface area contributed by atoms with Gasteiger partial charge in [0.25, 0.3) is 0 Å². The van der Waals surface area contributed by atoms with Crippen LogP contribution in [0.2, 0.25) is 0 Å². The molecule has 0 saturated heterocycles. The van der Waals surface area contributed by atoms with E-state index in [9.17, 15) is 19.1 Å². The molecule has 1 fully saturated rings. The van der Waals surface area contributed by atoms with Crippen LogP contribution in [-0.2, 0) is 10.4 Å². The molecule has 1 heterocycles. The van der Waals surface area contributed by atoms with Crippen molar-refractivity contribution in [3.8, 4) is 0 Å². The summed E-state index contributed by atoms with van der Waals surface area (Å²) in [5.74, 6) is -1.19. The van der Waals surface area contributed by atoms with Gasteiger partial charge in [0.1, 0.15) is 5.82 Å². The van der Waals surface area contributed by atoms with E-state index in [4.69, 9.17) is 4.42 Å². The molecule has 0 atom stereocenters. The van der Waals surface area contributed by atoms with Gasteiger partial charge in [-0.3, -0.25) is 9.36 Å². The number of rotatable bonds is 4. The summed E-state index contributed by atoms with van der Waals surface area (Å²) in [4.78, 5) is 24.8. The van der Waals surface area contributed by atoms with E-state index in [1.807, 2.05) is 13.8 Å². The van der Waals surface area contributed by atoms with Crippen LogP contribution >= 0.6 is 0 Å². The third-order valence-corrected chi connectivity index (χ3v) is 5.94. The largest absolute Gasteiger partial charge is 0.420 e. The molecule has 30 heavy (non-hydrogen) atoms. The van der Waals surface area contributed by atoms with Gasteiger partial charge >= 0.3 is 5.76 Å². The molecular weight excluding hydrogens is 387 g/mol. The first kappa shape index (κ1) is 20.3. The number of benzene rings is 2. The van der Waals surface area contributed by atoms with Crippen molar-refractivity contribution < 1.29 is 18.7 Å². The van der Waals surface area contributed by atoms with Crippen LogP contribution < -0.4 is 11.1 Å². The van der Waals surface area contributed by atoms with E-state index in [1.165, 1.54) is 12.1 Å². The van der Waals surface area contributed by atoms with E-state index in [0.29, 0.717) is 48.0 Å². The molecule has 2 N–H and O–H groups in total. The molecular formula is C23H25FN2O4. The highest BCUT2D eigenvalue weighted by Gasteiger charge is 2.37. The molecule has 4 rings (SSSR count). The molecule has 7 heteroatoms. The van der Waals surface area contributed by atoms with E-state index in [1.54, 1.807) is 34.9 Å². The van der Waals surface area contributed by atoms with Crippen molar-refractivity contribution in [1.29, 1.82) is 0 Å². The summed E-state index contributed by atoms with van der Waals surface area (Å²) in [5, 5.41) is 13.8. The Balaban J connectivity index is 1.44. The monoisotopic (exact) mass is 412 g/mol. The van der Waals surface area contributed by atoms with Crippen LogP contribution in [0, 0.1) is 11.7 Å². The molecule has 0 aliphatic heterocycles. The zero-order chi connectivity index (χ0) is 21.5. The number of carbonyl (C=O) groups excluding carboxylic acids is 1. The Bertz CT molecular complexity index is 1140. The second-order valence-corrected chi connectivity index (χ2v) is 8.32. The molecule has 158 valence electrons. The maximum absolute atomic E-state index is 13.5. The molecule has 1 aromatic heterocycles. The lowest BCUT2D eigenvalue weighted by Crippen LogP contribution is -2.35. The van der Waals surface area contributed by atoms with Crippen molar-refractivity contribution in [2.24, 2.45) is 5.92 Å². The first-order valence-electron chi connectivity index (χ1n) is 10.2. The summed E-state index contributed by atoms with van der Waals surface area (Å²) in [6.07, 6.45) is 1.78. The molecule has 0 bridgehead atoms. The predicted octanol–water partition coefficient (Wildman–Crippen LogP) is 4.33. The lowest BCUT2D eigenvalue weighted by molar-refractivity contribution is -0.123. The molecule has 0 radical (unpaired) electrons. The number of anilines is 1. The SMILES string of the molecule is CC(C)n1c(=O)oc2cc(NC(=O)C3CCC(O)(c4cccc(F)c4)CC3)ccc21. The van der Waals surface area contributed by atoms with Gasteiger partial charge in [-0.2, -0.15) is 0 Å². The molecule has 2 aromatic carbocycles. The average Bonchev–Trinajstić information content (AvgIpc) is 3.03. The first-order chi connectivity index (χ1) is 14.3. The Labute approximate surface area is 173 Å². The van der Waals surface area contributed by atoms with Gasteiger partial charge in [0.15, 0.2) is 5.58 Å². The lowest BCUT2D eigenvalue weighted by Gasteiger charge is -2.36. The standard InChI is InChI=1S/C23H25FN2O4/c1-14(2)26-19-7-6-18(13-20(19)30-22(26)28)25-21(27)15-8-10-23(29,11-9-15)16-4-3-5-17(24)12-16/h3-7,12-15,29H,8-11H2,1-2H3,(H,25,27). The first-order valence-corrected chi connectivity index (χ1v) is 10.2. The molecule has 0 spiro atoms. The van der Waals surface area contributed by atoms with Crippen molar-refractivity contribution in [1.82, 2.24) is 4.57 Å². The number of aliphatic hydroxyl groups is 1. The van der Waals surface area contributed by atoms with Crippen LogP contribution in [0.1, 0.15) is 51.1 Å². The normalized spacial score (nSPS) is 21.8. The number of aromatic nitrogens is 1. The lowest BCUT2D eigenvalue weighted by atomic mass is 9.75. The number of hydrogen-bond acceptors (Lipinski definition) is 4. The number of hydrogen-bond donors (Lipinski definition) is 2. The number of amides is 1. The molecule has 1 saturated carbocycles. The van der Waals surface area contributed by atoms with Gasteiger partial charge in [-0.15, -0.1) is 0 Å². The maximum Gasteiger partial charge on any atom is 0.420 e. The minimum absolute atomic E-state index is 0.0294. The zero-order valence-electron chi connectivity index (χ0n) is 17.0. The van der Waals surface area contributed by atoms with Gasteiger partial charge in [0, 0.05) is 23.7 Å². The number of carbonyl (C=O) groups is 1. The van der Waals surface area contributed by atoms with Gasteiger partial charge in [0.05, 0.1) is 11.1 Å². The Hall–Kier alpha value is -2.93. The van der Waals surface area contributed by atoms with Crippen LogP contribution in [0.5, 0.6) is 0 Å². The van der Waals surface area contributed by atoms with E-state index in [-0.39, 0.29) is 23.7 Å². The van der Waals surface area contributed by atoms with Crippen molar-refractivity contribution in [2.45, 2.75) is 51.2 Å². The van der Waals surface area contributed by atoms with E-state index >= 15 is 0 Å². The summed E-state index contributed by atoms with van der Waals surface area (Å²) >= 11 is 0. The number of fused-ring (bicyclic) bond motifs is 1. The highest BCUT2D eigenvalue weighted by atomic mass is 19.1. The quantitative estimate of drug-likeness (QED) is 0.668. The van der Waals surface area contributed by atoms with E-state index < -0.39 is 11.4 Å². The smallest absolute Gasteiger partial charge is 0.408 e. The summed E-state index contributed by atoms with van der Waals surface area (Å²) in [6.45, 7) is 3.81. The molecule has 1 aliphatic carbocycles. The molecule has 0 unspecified atom stereocenters. The highest BCUT2D eigenvalue weighted by molar-refractivity contribution is 5.94.